The number of hydroxylamine groups is 1. The van der Waals surface area contributed by atoms with Gasteiger partial charge < -0.3 is 14.5 Å². The Balaban J connectivity index is 1.40. The van der Waals surface area contributed by atoms with E-state index in [4.69, 9.17) is 14.4 Å². The van der Waals surface area contributed by atoms with Crippen molar-refractivity contribution in [1.82, 2.24) is 15.5 Å². The van der Waals surface area contributed by atoms with Crippen molar-refractivity contribution >= 4 is 11.7 Å². The molecule has 3 heterocycles. The Labute approximate surface area is 215 Å². The van der Waals surface area contributed by atoms with Crippen LogP contribution < -0.4 is 5.48 Å². The molecule has 0 aliphatic carbocycles. The Morgan fingerprint density at radius 2 is 1.95 bits per heavy atom. The van der Waals surface area contributed by atoms with Gasteiger partial charge in [-0.2, -0.15) is 0 Å². The van der Waals surface area contributed by atoms with Gasteiger partial charge in [-0.05, 0) is 31.4 Å². The highest BCUT2D eigenvalue weighted by molar-refractivity contribution is 5.94. The molecule has 1 fully saturated rings. The average Bonchev–Trinajstić information content (AvgIpc) is 3.58. The quantitative estimate of drug-likeness (QED) is 0.517. The number of carbonyl (C=O) groups excluding carboxylic acids is 1. The number of benzene rings is 2. The molecule has 8 nitrogen and oxygen atoms in total. The number of amides is 1. The number of nitrogens with one attached hydrogen (secondary N) is 1. The van der Waals surface area contributed by atoms with E-state index in [0.717, 1.165) is 11.1 Å². The molecule has 2 aromatic carbocycles. The van der Waals surface area contributed by atoms with Crippen LogP contribution in [0.5, 0.6) is 0 Å². The molecule has 4 atom stereocenters. The number of carbonyl (C=O) groups is 1. The van der Waals surface area contributed by atoms with Gasteiger partial charge in [0, 0.05) is 30.2 Å². The highest BCUT2D eigenvalue weighted by atomic mass is 19.1. The highest BCUT2D eigenvalue weighted by Crippen LogP contribution is 2.36. The smallest absolute Gasteiger partial charge is 0.234 e. The largest absolute Gasteiger partial charge is 0.391 e. The van der Waals surface area contributed by atoms with Crippen LogP contribution >= 0.6 is 0 Å². The van der Waals surface area contributed by atoms with Crippen LogP contribution in [0.15, 0.2) is 64.1 Å². The van der Waals surface area contributed by atoms with E-state index >= 15 is 0 Å². The van der Waals surface area contributed by atoms with Gasteiger partial charge in [-0.25, -0.2) is 19.7 Å². The standard InChI is InChI=1S/C28H31FN4O4/c1-16(2)25(24-13-17(3)31-36-24)27(35)33-15-20(34)14-23(33)26-30-28(4,37-32-26)19-11-9-18(10-12-19)21-7-5-6-8-22(21)29/h5-13,16,20,23,25,34H,14-15H2,1-4H3,(H,30,32)/t20-,23+,25?,28-/m1/s1. The average molecular weight is 507 g/mol. The minimum Gasteiger partial charge on any atom is -0.391 e. The van der Waals surface area contributed by atoms with Crippen molar-refractivity contribution in [2.75, 3.05) is 6.54 Å². The lowest BCUT2D eigenvalue weighted by atomic mass is 9.91. The van der Waals surface area contributed by atoms with Crippen molar-refractivity contribution in [3.63, 3.8) is 0 Å². The third kappa shape index (κ3) is 4.76. The fourth-order valence-electron chi connectivity index (χ4n) is 5.11. The van der Waals surface area contributed by atoms with E-state index in [9.17, 15) is 14.3 Å². The minimum absolute atomic E-state index is 0.0359. The number of aliphatic hydroxyl groups is 1. The Hall–Kier alpha value is -3.56. The Kier molecular flexibility index (Phi) is 6.59. The predicted octanol–water partition coefficient (Wildman–Crippen LogP) is 4.30. The summed E-state index contributed by atoms with van der Waals surface area (Å²) >= 11 is 0. The Morgan fingerprint density at radius 3 is 2.59 bits per heavy atom. The second kappa shape index (κ2) is 9.72. The topological polar surface area (TPSA) is 100 Å². The van der Waals surface area contributed by atoms with Crippen LogP contribution in [0.25, 0.3) is 11.1 Å². The van der Waals surface area contributed by atoms with Crippen LogP contribution in [0.3, 0.4) is 0 Å². The van der Waals surface area contributed by atoms with E-state index in [0.29, 0.717) is 29.3 Å². The van der Waals surface area contributed by atoms with Crippen molar-refractivity contribution in [2.24, 2.45) is 10.9 Å². The van der Waals surface area contributed by atoms with Crippen LogP contribution in [0.1, 0.15) is 50.1 Å². The number of aliphatic imine (C=N–C) groups is 1. The van der Waals surface area contributed by atoms with Gasteiger partial charge >= 0.3 is 0 Å². The van der Waals surface area contributed by atoms with E-state index in [1.165, 1.54) is 6.07 Å². The molecule has 1 amide bonds. The third-order valence-corrected chi connectivity index (χ3v) is 7.06. The molecular formula is C28H31FN4O4. The molecular weight excluding hydrogens is 475 g/mol. The van der Waals surface area contributed by atoms with Crippen molar-refractivity contribution in [3.8, 4) is 11.1 Å². The molecule has 1 aromatic heterocycles. The summed E-state index contributed by atoms with van der Waals surface area (Å²) in [6.07, 6.45) is -0.349. The van der Waals surface area contributed by atoms with Crippen LogP contribution in [0, 0.1) is 18.7 Å². The van der Waals surface area contributed by atoms with Gasteiger partial charge in [0.05, 0.1) is 17.8 Å². The number of aromatic nitrogens is 1. The van der Waals surface area contributed by atoms with E-state index in [1.807, 2.05) is 52.0 Å². The lowest BCUT2D eigenvalue weighted by molar-refractivity contribution is -0.134. The first-order valence-electron chi connectivity index (χ1n) is 12.5. The van der Waals surface area contributed by atoms with Gasteiger partial charge in [-0.15, -0.1) is 0 Å². The van der Waals surface area contributed by atoms with Crippen molar-refractivity contribution in [2.45, 2.75) is 57.9 Å². The fraction of sp³-hybridized carbons (Fsp3) is 0.393. The molecule has 9 heteroatoms. The summed E-state index contributed by atoms with van der Waals surface area (Å²) in [6.45, 7) is 7.73. The number of aryl methyl sites for hydroxylation is 1. The maximum absolute atomic E-state index is 14.2. The molecule has 0 radical (unpaired) electrons. The number of hydrogen-bond acceptors (Lipinski definition) is 7. The van der Waals surface area contributed by atoms with Crippen molar-refractivity contribution < 1.29 is 23.7 Å². The molecule has 194 valence electrons. The summed E-state index contributed by atoms with van der Waals surface area (Å²) in [5.41, 5.74) is 4.60. The normalized spacial score (nSPS) is 24.3. The molecule has 5 rings (SSSR count). The second-order valence-corrected chi connectivity index (χ2v) is 10.2. The molecule has 0 spiro atoms. The SMILES string of the molecule is Cc1cc(C(C(=O)N2C[C@H](O)C[C@H]2C2=N[C@@](C)(c3ccc(-c4ccccc4F)cc3)ON2)C(C)C)on1. The van der Waals surface area contributed by atoms with Crippen LogP contribution in [-0.4, -0.2) is 45.6 Å². The number of amidine groups is 1. The minimum atomic E-state index is -1.05. The fourth-order valence-corrected chi connectivity index (χ4v) is 5.11. The monoisotopic (exact) mass is 506 g/mol. The van der Waals surface area contributed by atoms with Crippen molar-refractivity contribution in [1.29, 1.82) is 0 Å². The van der Waals surface area contributed by atoms with Gasteiger partial charge in [0.25, 0.3) is 0 Å². The first-order valence-corrected chi connectivity index (χ1v) is 12.5. The first-order chi connectivity index (χ1) is 17.7. The van der Waals surface area contributed by atoms with Crippen LogP contribution in [-0.2, 0) is 15.4 Å². The van der Waals surface area contributed by atoms with Gasteiger partial charge in [0.1, 0.15) is 23.3 Å². The summed E-state index contributed by atoms with van der Waals surface area (Å²) < 4.78 is 19.6. The lowest BCUT2D eigenvalue weighted by Crippen LogP contribution is -2.46. The Morgan fingerprint density at radius 1 is 1.22 bits per heavy atom. The van der Waals surface area contributed by atoms with Gasteiger partial charge in [-0.1, -0.05) is 61.5 Å². The number of nitrogens with zero attached hydrogens (tertiary/aromatic N) is 3. The molecule has 37 heavy (non-hydrogen) atoms. The molecule has 3 aromatic rings. The Bertz CT molecular complexity index is 1320. The molecule has 2 N–H and O–H groups in total. The van der Waals surface area contributed by atoms with Crippen LogP contribution in [0.4, 0.5) is 4.39 Å². The van der Waals surface area contributed by atoms with Gasteiger partial charge in [0.2, 0.25) is 11.6 Å². The van der Waals surface area contributed by atoms with E-state index in [-0.39, 0.29) is 24.2 Å². The molecule has 2 aliphatic heterocycles. The maximum Gasteiger partial charge on any atom is 0.234 e. The summed E-state index contributed by atoms with van der Waals surface area (Å²) in [5.74, 6) is -0.0254. The molecule has 1 unspecified atom stereocenters. The zero-order chi connectivity index (χ0) is 26.3. The summed E-state index contributed by atoms with van der Waals surface area (Å²) in [4.78, 5) is 26.1. The van der Waals surface area contributed by atoms with E-state index in [1.54, 1.807) is 29.2 Å². The summed E-state index contributed by atoms with van der Waals surface area (Å²) in [5, 5.41) is 14.4. The molecule has 0 bridgehead atoms. The number of β-amino-alcohol motifs (C(OH)–C–C–N with tert-alkyl or cyclic N) is 1. The number of hydrogen-bond donors (Lipinski definition) is 2. The highest BCUT2D eigenvalue weighted by Gasteiger charge is 2.45. The number of rotatable bonds is 6. The molecule has 1 saturated heterocycles. The van der Waals surface area contributed by atoms with E-state index < -0.39 is 23.8 Å². The zero-order valence-electron chi connectivity index (χ0n) is 21.3. The number of likely N-dealkylation sites (tertiary alicyclic amines) is 1. The second-order valence-electron chi connectivity index (χ2n) is 10.2. The van der Waals surface area contributed by atoms with Gasteiger partial charge in [-0.3, -0.25) is 4.79 Å². The van der Waals surface area contributed by atoms with Gasteiger partial charge in [0.15, 0.2) is 0 Å². The first kappa shape index (κ1) is 25.1. The molecule has 2 aliphatic rings. The zero-order valence-corrected chi connectivity index (χ0v) is 21.3. The molecule has 0 saturated carbocycles. The summed E-state index contributed by atoms with van der Waals surface area (Å²) in [6, 6.07) is 15.3. The van der Waals surface area contributed by atoms with Crippen molar-refractivity contribution in [3.05, 3.63) is 77.4 Å². The summed E-state index contributed by atoms with van der Waals surface area (Å²) in [7, 11) is 0. The van der Waals surface area contributed by atoms with E-state index in [2.05, 4.69) is 10.6 Å². The maximum atomic E-state index is 14.2. The number of aliphatic hydroxyl groups excluding tert-OH is 1. The third-order valence-electron chi connectivity index (χ3n) is 7.06. The lowest BCUT2D eigenvalue weighted by Gasteiger charge is -2.29. The number of halogens is 1. The van der Waals surface area contributed by atoms with Crippen LogP contribution in [0.2, 0.25) is 0 Å². The predicted molar refractivity (Wildman–Crippen MR) is 136 cm³/mol.